The summed E-state index contributed by atoms with van der Waals surface area (Å²) in [6, 6.07) is 12.9. The fourth-order valence-electron chi connectivity index (χ4n) is 2.75. The van der Waals surface area contributed by atoms with Crippen molar-refractivity contribution in [3.05, 3.63) is 77.9 Å². The van der Waals surface area contributed by atoms with Crippen LogP contribution in [0.3, 0.4) is 0 Å². The van der Waals surface area contributed by atoms with E-state index in [9.17, 15) is 9.18 Å². The molecule has 0 spiro atoms. The van der Waals surface area contributed by atoms with Gasteiger partial charge in [-0.3, -0.25) is 9.78 Å². The first kappa shape index (κ1) is 21.1. The number of nitrogens with one attached hydrogen (secondary N) is 1. The molecule has 30 heavy (non-hydrogen) atoms. The third kappa shape index (κ3) is 5.47. The summed E-state index contributed by atoms with van der Waals surface area (Å²) in [6.45, 7) is 4.86. The Morgan fingerprint density at radius 3 is 2.47 bits per heavy atom. The summed E-state index contributed by atoms with van der Waals surface area (Å²) in [7, 11) is 0. The van der Waals surface area contributed by atoms with Gasteiger partial charge in [0.05, 0.1) is 19.4 Å². The van der Waals surface area contributed by atoms with E-state index in [1.54, 1.807) is 42.6 Å². The molecule has 0 aliphatic rings. The highest BCUT2D eigenvalue weighted by molar-refractivity contribution is 5.94. The van der Waals surface area contributed by atoms with Gasteiger partial charge < -0.3 is 19.5 Å². The van der Waals surface area contributed by atoms with Gasteiger partial charge in [-0.15, -0.1) is 0 Å². The number of carbonyl (C=O) groups is 1. The van der Waals surface area contributed by atoms with E-state index in [1.165, 1.54) is 18.3 Å². The Kier molecular flexibility index (Phi) is 7.21. The van der Waals surface area contributed by atoms with Crippen LogP contribution in [0.25, 0.3) is 0 Å². The van der Waals surface area contributed by atoms with Crippen molar-refractivity contribution in [2.75, 3.05) is 13.2 Å². The Labute approximate surface area is 174 Å². The number of hydrogen-bond acceptors (Lipinski definition) is 5. The topological polar surface area (TPSA) is 69.7 Å². The molecule has 0 radical (unpaired) electrons. The number of pyridine rings is 1. The molecule has 156 valence electrons. The largest absolute Gasteiger partial charge is 0.490 e. The van der Waals surface area contributed by atoms with Gasteiger partial charge in [0.15, 0.2) is 23.1 Å². The van der Waals surface area contributed by atoms with Gasteiger partial charge in [-0.1, -0.05) is 6.07 Å². The standard InChI is InChI=1S/C23H23FN2O4/c1-3-28-21-10-8-17(13-22(21)29-4-2)23(27)26-14-16-7-9-20(19(24)12-16)30-18-6-5-11-25-15-18/h5-13,15H,3-4,14H2,1-2H3,(H,26,27). The average molecular weight is 410 g/mol. The average Bonchev–Trinajstić information content (AvgIpc) is 2.76. The maximum Gasteiger partial charge on any atom is 0.251 e. The molecular weight excluding hydrogens is 387 g/mol. The summed E-state index contributed by atoms with van der Waals surface area (Å²) in [5.41, 5.74) is 1.04. The van der Waals surface area contributed by atoms with Gasteiger partial charge >= 0.3 is 0 Å². The third-order valence-electron chi connectivity index (χ3n) is 4.12. The first-order valence-electron chi connectivity index (χ1n) is 9.64. The van der Waals surface area contributed by atoms with E-state index in [0.29, 0.717) is 41.6 Å². The molecule has 0 saturated heterocycles. The van der Waals surface area contributed by atoms with Crippen LogP contribution in [0.4, 0.5) is 4.39 Å². The highest BCUT2D eigenvalue weighted by Crippen LogP contribution is 2.29. The summed E-state index contributed by atoms with van der Waals surface area (Å²) in [5, 5.41) is 2.78. The smallest absolute Gasteiger partial charge is 0.251 e. The number of ether oxygens (including phenoxy) is 3. The van der Waals surface area contributed by atoms with Crippen molar-refractivity contribution >= 4 is 5.91 Å². The molecule has 0 unspecified atom stereocenters. The minimum atomic E-state index is -0.523. The molecule has 3 aromatic rings. The zero-order chi connectivity index (χ0) is 21.3. The molecule has 6 nitrogen and oxygen atoms in total. The fraction of sp³-hybridized carbons (Fsp3) is 0.217. The molecular formula is C23H23FN2O4. The first-order valence-corrected chi connectivity index (χ1v) is 9.64. The van der Waals surface area contributed by atoms with E-state index in [1.807, 2.05) is 13.8 Å². The predicted molar refractivity (Wildman–Crippen MR) is 111 cm³/mol. The van der Waals surface area contributed by atoms with E-state index in [2.05, 4.69) is 10.3 Å². The van der Waals surface area contributed by atoms with Crippen molar-refractivity contribution in [3.8, 4) is 23.0 Å². The van der Waals surface area contributed by atoms with E-state index in [4.69, 9.17) is 14.2 Å². The lowest BCUT2D eigenvalue weighted by Crippen LogP contribution is -2.23. The first-order chi connectivity index (χ1) is 14.6. The van der Waals surface area contributed by atoms with Crippen molar-refractivity contribution in [1.82, 2.24) is 10.3 Å². The molecule has 1 N–H and O–H groups in total. The summed E-state index contributed by atoms with van der Waals surface area (Å²) < 4.78 is 30.9. The van der Waals surface area contributed by atoms with Crippen molar-refractivity contribution in [2.45, 2.75) is 20.4 Å². The van der Waals surface area contributed by atoms with Crippen LogP contribution in [0, 0.1) is 5.82 Å². The van der Waals surface area contributed by atoms with Crippen molar-refractivity contribution in [3.63, 3.8) is 0 Å². The van der Waals surface area contributed by atoms with Crippen LogP contribution in [-0.4, -0.2) is 24.1 Å². The summed E-state index contributed by atoms with van der Waals surface area (Å²) in [6.07, 6.45) is 3.11. The third-order valence-corrected chi connectivity index (χ3v) is 4.12. The molecule has 0 atom stereocenters. The molecule has 2 aromatic carbocycles. The van der Waals surface area contributed by atoms with Gasteiger partial charge in [0.25, 0.3) is 5.91 Å². The summed E-state index contributed by atoms with van der Waals surface area (Å²) in [5.74, 6) is 0.807. The fourth-order valence-corrected chi connectivity index (χ4v) is 2.75. The number of amides is 1. The second-order valence-corrected chi connectivity index (χ2v) is 6.27. The number of rotatable bonds is 9. The van der Waals surface area contributed by atoms with Crippen LogP contribution in [0.2, 0.25) is 0 Å². The number of hydrogen-bond donors (Lipinski definition) is 1. The van der Waals surface area contributed by atoms with Gasteiger partial charge in [0, 0.05) is 18.3 Å². The van der Waals surface area contributed by atoms with Gasteiger partial charge in [0.2, 0.25) is 0 Å². The number of carbonyl (C=O) groups excluding carboxylic acids is 1. The Balaban J connectivity index is 1.64. The molecule has 0 aliphatic heterocycles. The highest BCUT2D eigenvalue weighted by Gasteiger charge is 2.12. The van der Waals surface area contributed by atoms with E-state index < -0.39 is 5.82 Å². The minimum absolute atomic E-state index is 0.0888. The molecule has 0 bridgehead atoms. The minimum Gasteiger partial charge on any atom is -0.490 e. The quantitative estimate of drug-likeness (QED) is 0.552. The molecule has 0 saturated carbocycles. The van der Waals surface area contributed by atoms with Crippen LogP contribution in [0.15, 0.2) is 60.9 Å². The monoisotopic (exact) mass is 410 g/mol. The van der Waals surface area contributed by atoms with Crippen molar-refractivity contribution in [1.29, 1.82) is 0 Å². The summed E-state index contributed by atoms with van der Waals surface area (Å²) in [4.78, 5) is 16.4. The normalized spacial score (nSPS) is 10.4. The number of aromatic nitrogens is 1. The van der Waals surface area contributed by atoms with Crippen LogP contribution in [0.5, 0.6) is 23.0 Å². The lowest BCUT2D eigenvalue weighted by Gasteiger charge is -2.13. The van der Waals surface area contributed by atoms with Crippen LogP contribution in [-0.2, 0) is 6.54 Å². The maximum absolute atomic E-state index is 14.3. The zero-order valence-electron chi connectivity index (χ0n) is 16.9. The second kappa shape index (κ2) is 10.2. The molecule has 1 aromatic heterocycles. The zero-order valence-corrected chi connectivity index (χ0v) is 16.9. The number of nitrogens with zero attached hydrogens (tertiary/aromatic N) is 1. The maximum atomic E-state index is 14.3. The Morgan fingerprint density at radius 2 is 1.77 bits per heavy atom. The Hall–Kier alpha value is -3.61. The Morgan fingerprint density at radius 1 is 1.00 bits per heavy atom. The molecule has 1 heterocycles. The highest BCUT2D eigenvalue weighted by atomic mass is 19.1. The van der Waals surface area contributed by atoms with Crippen LogP contribution >= 0.6 is 0 Å². The molecule has 3 rings (SSSR count). The van der Waals surface area contributed by atoms with Gasteiger partial charge in [0.1, 0.15) is 5.75 Å². The van der Waals surface area contributed by atoms with E-state index >= 15 is 0 Å². The predicted octanol–water partition coefficient (Wildman–Crippen LogP) is 4.74. The van der Waals surface area contributed by atoms with Gasteiger partial charge in [-0.2, -0.15) is 0 Å². The van der Waals surface area contributed by atoms with Crippen LogP contribution < -0.4 is 19.5 Å². The van der Waals surface area contributed by atoms with Gasteiger partial charge in [-0.25, -0.2) is 4.39 Å². The summed E-state index contributed by atoms with van der Waals surface area (Å²) >= 11 is 0. The molecule has 0 aliphatic carbocycles. The molecule has 0 fully saturated rings. The van der Waals surface area contributed by atoms with Crippen LogP contribution in [0.1, 0.15) is 29.8 Å². The van der Waals surface area contributed by atoms with Crippen molar-refractivity contribution in [2.24, 2.45) is 0 Å². The Bertz CT molecular complexity index is 996. The molecule has 1 amide bonds. The number of benzene rings is 2. The SMILES string of the molecule is CCOc1ccc(C(=O)NCc2ccc(Oc3cccnc3)c(F)c2)cc1OCC. The van der Waals surface area contributed by atoms with Gasteiger partial charge in [-0.05, 0) is 61.9 Å². The molecule has 7 heteroatoms. The van der Waals surface area contributed by atoms with Crippen molar-refractivity contribution < 1.29 is 23.4 Å². The van der Waals surface area contributed by atoms with E-state index in [-0.39, 0.29) is 18.2 Å². The van der Waals surface area contributed by atoms with E-state index in [0.717, 1.165) is 0 Å². The number of halogens is 1. The lowest BCUT2D eigenvalue weighted by atomic mass is 10.1. The second-order valence-electron chi connectivity index (χ2n) is 6.27. The lowest BCUT2D eigenvalue weighted by molar-refractivity contribution is 0.0950.